The molecule has 1 aromatic carbocycles. The molecule has 0 saturated carbocycles. The number of piperidine rings is 1. The zero-order valence-electron chi connectivity index (χ0n) is 12.2. The van der Waals surface area contributed by atoms with Crippen LogP contribution in [-0.2, 0) is 16.1 Å². The summed E-state index contributed by atoms with van der Waals surface area (Å²) in [6.45, 7) is 2.45. The number of carboxylic acid groups (broad SMARTS) is 1. The van der Waals surface area contributed by atoms with Gasteiger partial charge in [0.05, 0.1) is 5.92 Å². The van der Waals surface area contributed by atoms with Gasteiger partial charge in [0.15, 0.2) is 0 Å². The largest absolute Gasteiger partial charge is 0.481 e. The first-order valence-corrected chi connectivity index (χ1v) is 7.32. The highest BCUT2D eigenvalue weighted by Gasteiger charge is 2.34. The molecule has 0 aliphatic carbocycles. The van der Waals surface area contributed by atoms with Gasteiger partial charge in [-0.2, -0.15) is 0 Å². The molecule has 0 bridgehead atoms. The van der Waals surface area contributed by atoms with Crippen LogP contribution in [0.5, 0.6) is 0 Å². The van der Waals surface area contributed by atoms with Crippen LogP contribution < -0.4 is 0 Å². The lowest BCUT2D eigenvalue weighted by molar-refractivity contribution is -0.143. The van der Waals surface area contributed by atoms with Crippen LogP contribution >= 0.6 is 0 Å². The van der Waals surface area contributed by atoms with Crippen LogP contribution in [0.1, 0.15) is 31.7 Å². The minimum absolute atomic E-state index is 0.0730. The molecule has 2 rings (SSSR count). The number of benzene rings is 1. The highest BCUT2D eigenvalue weighted by atomic mass is 16.6. The Kier molecular flexibility index (Phi) is 5.20. The number of hydrogen-bond acceptors (Lipinski definition) is 3. The van der Waals surface area contributed by atoms with Crippen LogP contribution in [0, 0.1) is 5.92 Å². The molecule has 5 heteroatoms. The first-order chi connectivity index (χ1) is 10.1. The average molecular weight is 291 g/mol. The number of carboxylic acids is 1. The molecule has 1 N–H and O–H groups in total. The van der Waals surface area contributed by atoms with E-state index in [0.717, 1.165) is 12.0 Å². The summed E-state index contributed by atoms with van der Waals surface area (Å²) in [5.41, 5.74) is 0.922. The zero-order valence-corrected chi connectivity index (χ0v) is 12.2. The Morgan fingerprint density at radius 1 is 1.29 bits per heavy atom. The van der Waals surface area contributed by atoms with Crippen molar-refractivity contribution in [3.05, 3.63) is 35.9 Å². The molecule has 1 aliphatic heterocycles. The normalized spacial score (nSPS) is 21.9. The van der Waals surface area contributed by atoms with Crippen molar-refractivity contribution in [3.8, 4) is 0 Å². The maximum atomic E-state index is 12.2. The fraction of sp³-hybridized carbons (Fsp3) is 0.500. The minimum atomic E-state index is -0.842. The van der Waals surface area contributed by atoms with Gasteiger partial charge in [-0.3, -0.25) is 4.79 Å². The van der Waals surface area contributed by atoms with Crippen LogP contribution in [0.2, 0.25) is 0 Å². The van der Waals surface area contributed by atoms with Gasteiger partial charge in [0.1, 0.15) is 6.61 Å². The third kappa shape index (κ3) is 3.97. The van der Waals surface area contributed by atoms with Crippen LogP contribution in [0.25, 0.3) is 0 Å². The molecular formula is C16H21NO4. The number of carbonyl (C=O) groups excluding carboxylic acids is 1. The molecule has 0 aromatic heterocycles. The van der Waals surface area contributed by atoms with Crippen molar-refractivity contribution in [2.45, 2.75) is 38.8 Å². The number of aliphatic carboxylic acids is 1. The maximum absolute atomic E-state index is 12.2. The Morgan fingerprint density at radius 3 is 2.62 bits per heavy atom. The van der Waals surface area contributed by atoms with Gasteiger partial charge in [0, 0.05) is 12.6 Å². The van der Waals surface area contributed by atoms with Crippen molar-refractivity contribution in [3.63, 3.8) is 0 Å². The van der Waals surface area contributed by atoms with Gasteiger partial charge in [-0.15, -0.1) is 0 Å². The Balaban J connectivity index is 1.96. The summed E-state index contributed by atoms with van der Waals surface area (Å²) in [5.74, 6) is -1.33. The van der Waals surface area contributed by atoms with E-state index in [-0.39, 0.29) is 19.2 Å². The Bertz CT molecular complexity index is 488. The second kappa shape index (κ2) is 7.11. The fourth-order valence-corrected chi connectivity index (χ4v) is 2.68. The summed E-state index contributed by atoms with van der Waals surface area (Å²) in [4.78, 5) is 24.9. The van der Waals surface area contributed by atoms with E-state index in [2.05, 4.69) is 0 Å². The van der Waals surface area contributed by atoms with Crippen molar-refractivity contribution >= 4 is 12.1 Å². The average Bonchev–Trinajstić information content (AvgIpc) is 2.52. The molecule has 0 radical (unpaired) electrons. The monoisotopic (exact) mass is 291 g/mol. The van der Waals surface area contributed by atoms with E-state index in [1.165, 1.54) is 0 Å². The van der Waals surface area contributed by atoms with Crippen molar-refractivity contribution < 1.29 is 19.4 Å². The molecule has 1 amide bonds. The Hall–Kier alpha value is -2.04. The Morgan fingerprint density at radius 2 is 2.00 bits per heavy atom. The molecule has 1 aliphatic rings. The number of carbonyl (C=O) groups is 2. The summed E-state index contributed by atoms with van der Waals surface area (Å²) in [6, 6.07) is 9.53. The third-order valence-electron chi connectivity index (χ3n) is 3.97. The lowest BCUT2D eigenvalue weighted by Gasteiger charge is -2.37. The molecule has 2 unspecified atom stereocenters. The number of ether oxygens (including phenoxy) is 1. The minimum Gasteiger partial charge on any atom is -0.481 e. The van der Waals surface area contributed by atoms with Gasteiger partial charge < -0.3 is 14.7 Å². The van der Waals surface area contributed by atoms with Crippen molar-refractivity contribution in [1.29, 1.82) is 0 Å². The van der Waals surface area contributed by atoms with E-state index in [9.17, 15) is 9.59 Å². The summed E-state index contributed by atoms with van der Waals surface area (Å²) >= 11 is 0. The smallest absolute Gasteiger partial charge is 0.410 e. The predicted molar refractivity (Wildman–Crippen MR) is 77.8 cm³/mol. The van der Waals surface area contributed by atoms with E-state index in [1.54, 1.807) is 4.90 Å². The van der Waals surface area contributed by atoms with Gasteiger partial charge >= 0.3 is 12.1 Å². The number of rotatable bonds is 4. The molecule has 1 aromatic rings. The molecule has 114 valence electrons. The van der Waals surface area contributed by atoms with Gasteiger partial charge in [-0.05, 0) is 24.8 Å². The summed E-state index contributed by atoms with van der Waals surface area (Å²) < 4.78 is 5.32. The summed E-state index contributed by atoms with van der Waals surface area (Å²) in [7, 11) is 0. The fourth-order valence-electron chi connectivity index (χ4n) is 2.68. The molecule has 1 heterocycles. The van der Waals surface area contributed by atoms with Gasteiger partial charge in [0.25, 0.3) is 0 Å². The molecule has 0 spiro atoms. The maximum Gasteiger partial charge on any atom is 0.410 e. The first-order valence-electron chi connectivity index (χ1n) is 7.32. The number of amides is 1. The predicted octanol–water partition coefficient (Wildman–Crippen LogP) is 2.90. The molecule has 21 heavy (non-hydrogen) atoms. The van der Waals surface area contributed by atoms with Gasteiger partial charge in [0.2, 0.25) is 0 Å². The molecule has 2 atom stereocenters. The SMILES string of the molecule is CCC1CCC(C(=O)O)CN1C(=O)OCc1ccccc1. The van der Waals surface area contributed by atoms with E-state index in [4.69, 9.17) is 9.84 Å². The highest BCUT2D eigenvalue weighted by Crippen LogP contribution is 2.25. The van der Waals surface area contributed by atoms with Crippen molar-refractivity contribution in [1.82, 2.24) is 4.90 Å². The highest BCUT2D eigenvalue weighted by molar-refractivity contribution is 5.73. The second-order valence-electron chi connectivity index (χ2n) is 5.37. The van der Waals surface area contributed by atoms with Gasteiger partial charge in [-0.25, -0.2) is 4.79 Å². The quantitative estimate of drug-likeness (QED) is 0.926. The molecular weight excluding hydrogens is 270 g/mol. The summed E-state index contributed by atoms with van der Waals surface area (Å²) in [5, 5.41) is 9.13. The van der Waals surface area contributed by atoms with E-state index < -0.39 is 18.0 Å². The first kappa shape index (κ1) is 15.4. The third-order valence-corrected chi connectivity index (χ3v) is 3.97. The van der Waals surface area contributed by atoms with E-state index in [0.29, 0.717) is 12.8 Å². The van der Waals surface area contributed by atoms with Gasteiger partial charge in [-0.1, -0.05) is 37.3 Å². The lowest BCUT2D eigenvalue weighted by atomic mass is 9.92. The van der Waals surface area contributed by atoms with E-state index in [1.807, 2.05) is 37.3 Å². The summed E-state index contributed by atoms with van der Waals surface area (Å²) in [6.07, 6.45) is 1.73. The van der Waals surface area contributed by atoms with Crippen LogP contribution in [0.15, 0.2) is 30.3 Å². The van der Waals surface area contributed by atoms with Crippen molar-refractivity contribution in [2.75, 3.05) is 6.54 Å². The number of likely N-dealkylation sites (tertiary alicyclic amines) is 1. The van der Waals surface area contributed by atoms with Crippen molar-refractivity contribution in [2.24, 2.45) is 5.92 Å². The lowest BCUT2D eigenvalue weighted by Crippen LogP contribution is -2.48. The van der Waals surface area contributed by atoms with Crippen LogP contribution in [0.3, 0.4) is 0 Å². The van der Waals surface area contributed by atoms with Crippen LogP contribution in [0.4, 0.5) is 4.79 Å². The number of nitrogens with zero attached hydrogens (tertiary/aromatic N) is 1. The molecule has 1 saturated heterocycles. The second-order valence-corrected chi connectivity index (χ2v) is 5.37. The molecule has 1 fully saturated rings. The standard InChI is InChI=1S/C16H21NO4/c1-2-14-9-8-13(15(18)19)10-17(14)16(20)21-11-12-6-4-3-5-7-12/h3-7,13-14H,2,8-11H2,1H3,(H,18,19). The topological polar surface area (TPSA) is 66.8 Å². The Labute approximate surface area is 124 Å². The number of hydrogen-bond donors (Lipinski definition) is 1. The van der Waals surface area contributed by atoms with Crippen LogP contribution in [-0.4, -0.2) is 34.7 Å². The zero-order chi connectivity index (χ0) is 15.2. The van der Waals surface area contributed by atoms with E-state index >= 15 is 0 Å². The molecule has 5 nitrogen and oxygen atoms in total.